The normalized spacial score (nSPS) is 10.9. The Labute approximate surface area is 100 Å². The smallest absolute Gasteiger partial charge is 0.306 e. The van der Waals surface area contributed by atoms with Crippen LogP contribution in [-0.4, -0.2) is 34.4 Å². The van der Waals surface area contributed by atoms with E-state index in [1.807, 2.05) is 0 Å². The molecule has 0 unspecified atom stereocenters. The van der Waals surface area contributed by atoms with Crippen LogP contribution in [0.5, 0.6) is 5.75 Å². The van der Waals surface area contributed by atoms with E-state index < -0.39 is 15.8 Å². The molecule has 6 heteroatoms. The van der Waals surface area contributed by atoms with Crippen LogP contribution in [0.1, 0.15) is 6.42 Å². The highest BCUT2D eigenvalue weighted by Crippen LogP contribution is 2.17. The van der Waals surface area contributed by atoms with Crippen molar-refractivity contribution in [2.75, 3.05) is 20.0 Å². The monoisotopic (exact) mass is 258 g/mol. The van der Waals surface area contributed by atoms with Crippen LogP contribution in [0.15, 0.2) is 29.2 Å². The third-order valence-corrected chi connectivity index (χ3v) is 3.95. The summed E-state index contributed by atoms with van der Waals surface area (Å²) >= 11 is 0. The minimum atomic E-state index is -3.45. The molecular formula is C11H14O5S. The second-order valence-corrected chi connectivity index (χ2v) is 5.43. The van der Waals surface area contributed by atoms with Crippen molar-refractivity contribution in [3.05, 3.63) is 24.3 Å². The molecule has 0 saturated heterocycles. The third kappa shape index (κ3) is 3.74. The Bertz CT molecular complexity index is 475. The Kier molecular flexibility index (Phi) is 4.51. The van der Waals surface area contributed by atoms with E-state index in [0.717, 1.165) is 0 Å². The van der Waals surface area contributed by atoms with E-state index in [-0.39, 0.29) is 17.1 Å². The number of sulfone groups is 1. The van der Waals surface area contributed by atoms with Crippen molar-refractivity contribution in [3.8, 4) is 5.75 Å². The molecule has 0 aliphatic carbocycles. The van der Waals surface area contributed by atoms with Crippen molar-refractivity contribution < 1.29 is 22.7 Å². The molecule has 1 aromatic carbocycles. The Balaban J connectivity index is 2.78. The van der Waals surface area contributed by atoms with Gasteiger partial charge < -0.3 is 9.47 Å². The van der Waals surface area contributed by atoms with Gasteiger partial charge in [-0.3, -0.25) is 4.79 Å². The van der Waals surface area contributed by atoms with Gasteiger partial charge >= 0.3 is 5.97 Å². The molecule has 5 nitrogen and oxygen atoms in total. The number of methoxy groups -OCH3 is 2. The first-order chi connectivity index (χ1) is 7.99. The predicted molar refractivity (Wildman–Crippen MR) is 61.7 cm³/mol. The maximum Gasteiger partial charge on any atom is 0.306 e. The van der Waals surface area contributed by atoms with Crippen molar-refractivity contribution >= 4 is 15.8 Å². The number of carbonyl (C=O) groups excluding carboxylic acids is 1. The minimum absolute atomic E-state index is 0.148. The van der Waals surface area contributed by atoms with Gasteiger partial charge in [0.1, 0.15) is 5.75 Å². The van der Waals surface area contributed by atoms with E-state index in [1.54, 1.807) is 12.1 Å². The van der Waals surface area contributed by atoms with Gasteiger partial charge in [0, 0.05) is 0 Å². The zero-order chi connectivity index (χ0) is 12.9. The van der Waals surface area contributed by atoms with Gasteiger partial charge in [0.05, 0.1) is 31.3 Å². The van der Waals surface area contributed by atoms with E-state index >= 15 is 0 Å². The topological polar surface area (TPSA) is 69.7 Å². The number of benzene rings is 1. The fraction of sp³-hybridized carbons (Fsp3) is 0.364. The van der Waals surface area contributed by atoms with E-state index in [2.05, 4.69) is 4.74 Å². The summed E-state index contributed by atoms with van der Waals surface area (Å²) in [7, 11) is -0.722. The highest BCUT2D eigenvalue weighted by Gasteiger charge is 2.16. The molecule has 0 amide bonds. The van der Waals surface area contributed by atoms with Crippen molar-refractivity contribution in [2.45, 2.75) is 11.3 Å². The lowest BCUT2D eigenvalue weighted by atomic mass is 10.3. The van der Waals surface area contributed by atoms with Crippen molar-refractivity contribution in [1.29, 1.82) is 0 Å². The van der Waals surface area contributed by atoms with Crippen LogP contribution in [0.2, 0.25) is 0 Å². The minimum Gasteiger partial charge on any atom is -0.497 e. The van der Waals surface area contributed by atoms with Crippen LogP contribution in [0.25, 0.3) is 0 Å². The fourth-order valence-electron chi connectivity index (χ4n) is 1.22. The van der Waals surface area contributed by atoms with Crippen LogP contribution in [0, 0.1) is 0 Å². The summed E-state index contributed by atoms with van der Waals surface area (Å²) in [6.45, 7) is 0. The molecule has 0 heterocycles. The quantitative estimate of drug-likeness (QED) is 0.738. The molecule has 0 aliphatic heterocycles. The number of ether oxygens (including phenoxy) is 2. The summed E-state index contributed by atoms with van der Waals surface area (Å²) in [4.78, 5) is 11.1. The summed E-state index contributed by atoms with van der Waals surface area (Å²) in [5.41, 5.74) is 0. The number of carbonyl (C=O) groups is 1. The molecule has 0 fully saturated rings. The molecule has 0 aliphatic rings. The molecule has 0 N–H and O–H groups in total. The van der Waals surface area contributed by atoms with E-state index in [9.17, 15) is 13.2 Å². The Hall–Kier alpha value is -1.56. The lowest BCUT2D eigenvalue weighted by molar-refractivity contribution is -0.140. The third-order valence-electron chi connectivity index (χ3n) is 2.22. The molecule has 0 atom stereocenters. The number of hydrogen-bond acceptors (Lipinski definition) is 5. The largest absolute Gasteiger partial charge is 0.497 e. The Morgan fingerprint density at radius 3 is 2.24 bits per heavy atom. The first-order valence-electron chi connectivity index (χ1n) is 4.93. The standard InChI is InChI=1S/C11H14O5S/c1-15-9-3-5-10(6-4-9)17(13,14)8-7-11(12)16-2/h3-6H,7-8H2,1-2H3. The number of hydrogen-bond donors (Lipinski definition) is 0. The highest BCUT2D eigenvalue weighted by atomic mass is 32.2. The van der Waals surface area contributed by atoms with Gasteiger partial charge in [-0.2, -0.15) is 0 Å². The number of esters is 1. The second-order valence-electron chi connectivity index (χ2n) is 3.32. The maximum atomic E-state index is 11.8. The lowest BCUT2D eigenvalue weighted by Crippen LogP contribution is -2.12. The zero-order valence-corrected chi connectivity index (χ0v) is 10.5. The molecule has 0 aromatic heterocycles. The molecule has 0 saturated carbocycles. The van der Waals surface area contributed by atoms with E-state index in [1.165, 1.54) is 26.4 Å². The van der Waals surface area contributed by atoms with E-state index in [0.29, 0.717) is 5.75 Å². The summed E-state index contributed by atoms with van der Waals surface area (Å²) < 4.78 is 32.9. The average Bonchev–Trinajstić information content (AvgIpc) is 2.36. The zero-order valence-electron chi connectivity index (χ0n) is 9.67. The van der Waals surface area contributed by atoms with Crippen molar-refractivity contribution in [3.63, 3.8) is 0 Å². The molecule has 1 rings (SSSR count). The predicted octanol–water partition coefficient (Wildman–Crippen LogP) is 1.03. The van der Waals surface area contributed by atoms with Gasteiger partial charge in [-0.1, -0.05) is 0 Å². The van der Waals surface area contributed by atoms with Gasteiger partial charge in [-0.25, -0.2) is 8.42 Å². The summed E-state index contributed by atoms with van der Waals surface area (Å²) in [5, 5.41) is 0. The SMILES string of the molecule is COC(=O)CCS(=O)(=O)c1ccc(OC)cc1. The summed E-state index contributed by atoms with van der Waals surface area (Å²) in [6.07, 6.45) is -0.148. The fourth-order valence-corrected chi connectivity index (χ4v) is 2.44. The first-order valence-corrected chi connectivity index (χ1v) is 6.58. The number of rotatable bonds is 5. The van der Waals surface area contributed by atoms with Crippen LogP contribution in [0.3, 0.4) is 0 Å². The molecule has 1 aromatic rings. The van der Waals surface area contributed by atoms with Gasteiger partial charge in [0.15, 0.2) is 9.84 Å². The molecular weight excluding hydrogens is 244 g/mol. The summed E-state index contributed by atoms with van der Waals surface area (Å²) in [6, 6.07) is 6.02. The Morgan fingerprint density at radius 2 is 1.76 bits per heavy atom. The van der Waals surface area contributed by atoms with Gasteiger partial charge in [0.2, 0.25) is 0 Å². The van der Waals surface area contributed by atoms with E-state index in [4.69, 9.17) is 4.74 Å². The van der Waals surface area contributed by atoms with Gasteiger partial charge in [0.25, 0.3) is 0 Å². The molecule has 0 spiro atoms. The van der Waals surface area contributed by atoms with Crippen LogP contribution in [0.4, 0.5) is 0 Å². The second kappa shape index (κ2) is 5.67. The lowest BCUT2D eigenvalue weighted by Gasteiger charge is -2.05. The summed E-state index contributed by atoms with van der Waals surface area (Å²) in [5.74, 6) is -0.217. The van der Waals surface area contributed by atoms with Crippen LogP contribution < -0.4 is 4.74 Å². The molecule has 0 radical (unpaired) electrons. The molecule has 0 bridgehead atoms. The van der Waals surface area contributed by atoms with Crippen LogP contribution >= 0.6 is 0 Å². The maximum absolute atomic E-state index is 11.8. The molecule has 17 heavy (non-hydrogen) atoms. The van der Waals surface area contributed by atoms with Gasteiger partial charge in [-0.05, 0) is 24.3 Å². The van der Waals surface area contributed by atoms with Crippen molar-refractivity contribution in [2.24, 2.45) is 0 Å². The van der Waals surface area contributed by atoms with Gasteiger partial charge in [-0.15, -0.1) is 0 Å². The van der Waals surface area contributed by atoms with Crippen LogP contribution in [-0.2, 0) is 19.4 Å². The first kappa shape index (κ1) is 13.5. The highest BCUT2D eigenvalue weighted by molar-refractivity contribution is 7.91. The Morgan fingerprint density at radius 1 is 1.18 bits per heavy atom. The molecule has 94 valence electrons. The average molecular weight is 258 g/mol. The van der Waals surface area contributed by atoms with Crippen molar-refractivity contribution in [1.82, 2.24) is 0 Å².